The van der Waals surface area contributed by atoms with Crippen molar-refractivity contribution in [2.24, 2.45) is 5.92 Å². The number of rotatable bonds is 6. The van der Waals surface area contributed by atoms with Gasteiger partial charge in [-0.15, -0.1) is 0 Å². The molecule has 2 rings (SSSR count). The van der Waals surface area contributed by atoms with Gasteiger partial charge in [-0.05, 0) is 31.4 Å². The molecule has 30 heavy (non-hydrogen) atoms. The van der Waals surface area contributed by atoms with Gasteiger partial charge < -0.3 is 10.2 Å². The Kier molecular flexibility index (Phi) is 6.48. The summed E-state index contributed by atoms with van der Waals surface area (Å²) in [6.45, 7) is -1.09. The lowest BCUT2D eigenvalue weighted by atomic mass is 9.81. The molecule has 0 spiro atoms. The van der Waals surface area contributed by atoms with Gasteiger partial charge in [0.2, 0.25) is 0 Å². The van der Waals surface area contributed by atoms with Crippen LogP contribution in [0.15, 0.2) is 47.1 Å². The van der Waals surface area contributed by atoms with Gasteiger partial charge in [-0.2, -0.15) is 26.3 Å². The zero-order valence-corrected chi connectivity index (χ0v) is 15.9. The molecule has 13 heteroatoms. The summed E-state index contributed by atoms with van der Waals surface area (Å²) in [5.41, 5.74) is -5.46. The maximum atomic E-state index is 13.0. The molecular weight excluding hydrogens is 444 g/mol. The summed E-state index contributed by atoms with van der Waals surface area (Å²) in [4.78, 5) is 11.0. The Morgan fingerprint density at radius 1 is 1.17 bits per heavy atom. The van der Waals surface area contributed by atoms with Crippen molar-refractivity contribution in [3.63, 3.8) is 0 Å². The number of carboxylic acids is 1. The average molecular weight is 461 g/mol. The molecule has 0 fully saturated rings. The molecule has 0 saturated carbocycles. The van der Waals surface area contributed by atoms with Gasteiger partial charge in [-0.25, -0.2) is 8.42 Å². The molecule has 0 aromatic carbocycles. The van der Waals surface area contributed by atoms with E-state index in [-0.39, 0.29) is 11.3 Å². The maximum Gasteiger partial charge on any atom is 0.426 e. The average Bonchev–Trinajstić information content (AvgIpc) is 2.64. The molecule has 0 aromatic rings. The van der Waals surface area contributed by atoms with Crippen LogP contribution in [0, 0.1) is 5.92 Å². The molecule has 1 unspecified atom stereocenters. The number of sulfonamides is 1. The Hall–Kier alpha value is -2.28. The van der Waals surface area contributed by atoms with E-state index in [1.54, 1.807) is 6.08 Å². The van der Waals surface area contributed by atoms with Crippen LogP contribution in [0.4, 0.5) is 26.3 Å². The van der Waals surface area contributed by atoms with Gasteiger partial charge in [-0.3, -0.25) is 9.10 Å². The standard InChI is InChI=1S/C17H17F6NO5S/c18-16(19,20)15(27,17(21,22)23)11-6-8-12(9-7-11)24(10-14(25)26)30(28,29)13-4-2-1-3-5-13/h1-2,4,6,8-9,11,27H,3,5,7,10H2,(H,25,26). The molecule has 0 radical (unpaired) electrons. The molecule has 0 bridgehead atoms. The van der Waals surface area contributed by atoms with E-state index in [0.717, 1.165) is 6.08 Å². The van der Waals surface area contributed by atoms with E-state index in [1.165, 1.54) is 12.2 Å². The third-order valence-electron chi connectivity index (χ3n) is 4.65. The normalized spacial score (nSPS) is 20.6. The van der Waals surface area contributed by atoms with Gasteiger partial charge in [0.25, 0.3) is 15.6 Å². The van der Waals surface area contributed by atoms with Gasteiger partial charge >= 0.3 is 18.3 Å². The topological polar surface area (TPSA) is 94.9 Å². The van der Waals surface area contributed by atoms with E-state index >= 15 is 0 Å². The number of hydrogen-bond donors (Lipinski definition) is 2. The lowest BCUT2D eigenvalue weighted by Crippen LogP contribution is -2.61. The summed E-state index contributed by atoms with van der Waals surface area (Å²) in [5.74, 6) is -4.06. The van der Waals surface area contributed by atoms with Crippen molar-refractivity contribution in [3.05, 3.63) is 47.1 Å². The molecule has 2 aliphatic rings. The Bertz CT molecular complexity index is 900. The molecule has 2 aliphatic carbocycles. The summed E-state index contributed by atoms with van der Waals surface area (Å²) in [7, 11) is -4.39. The summed E-state index contributed by atoms with van der Waals surface area (Å²) in [5, 5.41) is 18.5. The monoisotopic (exact) mass is 461 g/mol. The minimum atomic E-state index is -6.04. The summed E-state index contributed by atoms with van der Waals surface area (Å²) >= 11 is 0. The van der Waals surface area contributed by atoms with Crippen LogP contribution in [0.3, 0.4) is 0 Å². The van der Waals surface area contributed by atoms with Gasteiger partial charge in [0.1, 0.15) is 6.54 Å². The second kappa shape index (κ2) is 8.10. The smallest absolute Gasteiger partial charge is 0.426 e. The maximum absolute atomic E-state index is 13.0. The van der Waals surface area contributed by atoms with Gasteiger partial charge in [0.05, 0.1) is 4.91 Å². The molecule has 0 amide bonds. The molecule has 0 saturated heterocycles. The Balaban J connectivity index is 2.41. The highest BCUT2D eigenvalue weighted by Gasteiger charge is 2.73. The van der Waals surface area contributed by atoms with Crippen LogP contribution in [0.25, 0.3) is 0 Å². The first-order valence-electron chi connectivity index (χ1n) is 8.46. The Morgan fingerprint density at radius 2 is 1.77 bits per heavy atom. The quantitative estimate of drug-likeness (QED) is 0.593. The van der Waals surface area contributed by atoms with E-state index in [4.69, 9.17) is 5.11 Å². The number of aliphatic hydroxyl groups is 1. The molecule has 0 aliphatic heterocycles. The van der Waals surface area contributed by atoms with Gasteiger partial charge in [-0.1, -0.05) is 24.3 Å². The fraction of sp³-hybridized carbons (Fsp3) is 0.471. The lowest BCUT2D eigenvalue weighted by Gasteiger charge is -2.38. The van der Waals surface area contributed by atoms with Crippen molar-refractivity contribution in [2.75, 3.05) is 6.54 Å². The highest BCUT2D eigenvalue weighted by Crippen LogP contribution is 2.50. The Morgan fingerprint density at radius 3 is 2.17 bits per heavy atom. The molecular formula is C17H17F6NO5S. The fourth-order valence-corrected chi connectivity index (χ4v) is 4.66. The minimum absolute atomic E-state index is 0.0521. The molecule has 1 atom stereocenters. The van der Waals surface area contributed by atoms with Crippen molar-refractivity contribution in [1.29, 1.82) is 0 Å². The van der Waals surface area contributed by atoms with E-state index in [9.17, 15) is 44.7 Å². The van der Waals surface area contributed by atoms with E-state index in [2.05, 4.69) is 0 Å². The highest BCUT2D eigenvalue weighted by molar-refractivity contribution is 7.93. The van der Waals surface area contributed by atoms with E-state index in [1.807, 2.05) is 0 Å². The van der Waals surface area contributed by atoms with E-state index in [0.29, 0.717) is 22.9 Å². The predicted molar refractivity (Wildman–Crippen MR) is 92.1 cm³/mol. The fourth-order valence-electron chi connectivity index (χ4n) is 3.06. The number of aliphatic carboxylic acids is 1. The largest absolute Gasteiger partial charge is 0.480 e. The van der Waals surface area contributed by atoms with Crippen molar-refractivity contribution < 1.29 is 49.8 Å². The van der Waals surface area contributed by atoms with Crippen LogP contribution in [0.5, 0.6) is 0 Å². The van der Waals surface area contributed by atoms with Gasteiger partial charge in [0, 0.05) is 11.6 Å². The number of nitrogens with zero attached hydrogens (tertiary/aromatic N) is 1. The van der Waals surface area contributed by atoms with Gasteiger partial charge in [0.15, 0.2) is 0 Å². The predicted octanol–water partition coefficient (Wildman–Crippen LogP) is 3.25. The number of alkyl halides is 6. The summed E-state index contributed by atoms with van der Waals surface area (Å²) in [6.07, 6.45) is -6.62. The van der Waals surface area contributed by atoms with Crippen LogP contribution in [-0.2, 0) is 14.8 Å². The lowest BCUT2D eigenvalue weighted by molar-refractivity contribution is -0.380. The summed E-state index contributed by atoms with van der Waals surface area (Å²) < 4.78 is 104. The second-order valence-corrected chi connectivity index (χ2v) is 8.51. The minimum Gasteiger partial charge on any atom is -0.480 e. The molecule has 168 valence electrons. The number of allylic oxidation sites excluding steroid dienone is 6. The van der Waals surface area contributed by atoms with Crippen LogP contribution >= 0.6 is 0 Å². The second-order valence-electron chi connectivity index (χ2n) is 6.60. The number of carbonyl (C=O) groups is 1. The molecule has 2 N–H and O–H groups in total. The molecule has 0 aromatic heterocycles. The first kappa shape index (κ1) is 24.0. The SMILES string of the molecule is O=C(O)CN(C1=CCC(C(O)(C(F)(F)F)C(F)(F)F)C=C1)S(=O)(=O)C1=CC=CCC1. The van der Waals surface area contributed by atoms with Crippen molar-refractivity contribution >= 4 is 16.0 Å². The van der Waals surface area contributed by atoms with Crippen molar-refractivity contribution in [1.82, 2.24) is 4.31 Å². The number of carboxylic acid groups (broad SMARTS) is 1. The molecule has 6 nitrogen and oxygen atoms in total. The summed E-state index contributed by atoms with van der Waals surface area (Å²) in [6, 6.07) is 0. The van der Waals surface area contributed by atoms with Crippen molar-refractivity contribution in [2.45, 2.75) is 37.2 Å². The Labute approximate surface area is 167 Å². The third kappa shape index (κ3) is 4.41. The zero-order valence-electron chi connectivity index (χ0n) is 15.1. The number of hydrogen-bond acceptors (Lipinski definition) is 4. The number of halogens is 6. The van der Waals surface area contributed by atoms with Crippen molar-refractivity contribution in [3.8, 4) is 0 Å². The first-order chi connectivity index (χ1) is 13.6. The first-order valence-corrected chi connectivity index (χ1v) is 9.91. The molecule has 0 heterocycles. The zero-order chi connectivity index (χ0) is 23.0. The van der Waals surface area contributed by atoms with Crippen LogP contribution in [0.1, 0.15) is 19.3 Å². The third-order valence-corrected chi connectivity index (χ3v) is 6.57. The highest BCUT2D eigenvalue weighted by atomic mass is 32.2. The van der Waals surface area contributed by atoms with Crippen LogP contribution in [-0.4, -0.2) is 53.4 Å². The van der Waals surface area contributed by atoms with E-state index < -0.39 is 58.5 Å². The van der Waals surface area contributed by atoms with Crippen LogP contribution in [0.2, 0.25) is 0 Å². The van der Waals surface area contributed by atoms with Crippen LogP contribution < -0.4 is 0 Å².